The van der Waals surface area contributed by atoms with Gasteiger partial charge in [0, 0.05) is 37.7 Å². The van der Waals surface area contributed by atoms with E-state index in [0.717, 1.165) is 11.1 Å². The van der Waals surface area contributed by atoms with Crippen molar-refractivity contribution in [3.05, 3.63) is 65.0 Å². The van der Waals surface area contributed by atoms with Crippen molar-refractivity contribution in [3.8, 4) is 11.5 Å². The van der Waals surface area contributed by atoms with E-state index in [1.807, 2.05) is 18.2 Å². The monoisotopic (exact) mass is 440 g/mol. The van der Waals surface area contributed by atoms with Gasteiger partial charge in [0.05, 0.1) is 14.2 Å². The summed E-state index contributed by atoms with van der Waals surface area (Å²) in [6.45, 7) is 3.03. The van der Waals surface area contributed by atoms with Gasteiger partial charge in [-0.05, 0) is 60.7 Å². The molecule has 2 aromatic carbocycles. The Bertz CT molecular complexity index is 975. The number of hydrogen-bond acceptors (Lipinski definition) is 4. The Balaban J connectivity index is 1.49. The van der Waals surface area contributed by atoms with E-state index < -0.39 is 0 Å². The van der Waals surface area contributed by atoms with Crippen molar-refractivity contribution in [2.45, 2.75) is 26.3 Å². The van der Waals surface area contributed by atoms with Crippen LogP contribution in [0.5, 0.6) is 11.5 Å². The molecule has 1 fully saturated rings. The standard InChI is InChI=1S/C25H29FN2O4/c1-17-4-5-19(14-23(17)26)16-27-25(30)20-8-10-28(11-9-20)24(29)7-6-18-12-21(31-2)15-22(13-18)32-3/h4-7,12-15,20H,8-11,16H2,1-3H3,(H,27,30). The van der Waals surface area contributed by atoms with Gasteiger partial charge in [-0.15, -0.1) is 0 Å². The van der Waals surface area contributed by atoms with E-state index in [0.29, 0.717) is 49.5 Å². The molecule has 1 heterocycles. The number of halogens is 1. The van der Waals surface area contributed by atoms with Gasteiger partial charge in [-0.1, -0.05) is 12.1 Å². The Morgan fingerprint density at radius 3 is 2.34 bits per heavy atom. The van der Waals surface area contributed by atoms with Gasteiger partial charge in [-0.3, -0.25) is 9.59 Å². The topological polar surface area (TPSA) is 67.9 Å². The van der Waals surface area contributed by atoms with Crippen LogP contribution in [0, 0.1) is 18.7 Å². The van der Waals surface area contributed by atoms with Crippen LogP contribution in [-0.4, -0.2) is 44.0 Å². The van der Waals surface area contributed by atoms with Crippen LogP contribution in [0.4, 0.5) is 4.39 Å². The van der Waals surface area contributed by atoms with Crippen molar-refractivity contribution in [1.82, 2.24) is 10.2 Å². The van der Waals surface area contributed by atoms with Crippen LogP contribution in [0.15, 0.2) is 42.5 Å². The summed E-state index contributed by atoms with van der Waals surface area (Å²) in [6.07, 6.45) is 4.45. The number of piperidine rings is 1. The van der Waals surface area contributed by atoms with Crippen LogP contribution in [0.2, 0.25) is 0 Å². The lowest BCUT2D eigenvalue weighted by Gasteiger charge is -2.30. The van der Waals surface area contributed by atoms with Crippen LogP contribution in [-0.2, 0) is 16.1 Å². The molecule has 1 aliphatic rings. The van der Waals surface area contributed by atoms with Crippen LogP contribution in [0.25, 0.3) is 6.08 Å². The number of methoxy groups -OCH3 is 2. The number of carbonyl (C=O) groups is 2. The molecular weight excluding hydrogens is 411 g/mol. The molecule has 0 unspecified atom stereocenters. The number of nitrogens with zero attached hydrogens (tertiary/aromatic N) is 1. The second-order valence-electron chi connectivity index (χ2n) is 7.88. The highest BCUT2D eigenvalue weighted by atomic mass is 19.1. The number of carbonyl (C=O) groups excluding carboxylic acids is 2. The fraction of sp³-hybridized carbons (Fsp3) is 0.360. The third-order valence-electron chi connectivity index (χ3n) is 5.67. The fourth-order valence-corrected chi connectivity index (χ4v) is 3.64. The van der Waals surface area contributed by atoms with Gasteiger partial charge in [0.25, 0.3) is 0 Å². The van der Waals surface area contributed by atoms with Crippen LogP contribution < -0.4 is 14.8 Å². The zero-order valence-corrected chi connectivity index (χ0v) is 18.7. The molecule has 1 aliphatic heterocycles. The van der Waals surface area contributed by atoms with Crippen LogP contribution in [0.1, 0.15) is 29.5 Å². The third-order valence-corrected chi connectivity index (χ3v) is 5.67. The first-order valence-corrected chi connectivity index (χ1v) is 10.6. The third kappa shape index (κ3) is 6.09. The maximum absolute atomic E-state index is 13.7. The molecule has 0 radical (unpaired) electrons. The lowest BCUT2D eigenvalue weighted by molar-refractivity contribution is -0.132. The summed E-state index contributed by atoms with van der Waals surface area (Å²) >= 11 is 0. The second kappa shape index (κ2) is 10.8. The Morgan fingerprint density at radius 2 is 1.75 bits per heavy atom. The molecule has 0 bridgehead atoms. The molecule has 1 N–H and O–H groups in total. The van der Waals surface area contributed by atoms with Gasteiger partial charge in [-0.25, -0.2) is 4.39 Å². The van der Waals surface area contributed by atoms with Gasteiger partial charge >= 0.3 is 0 Å². The van der Waals surface area contributed by atoms with Crippen LogP contribution >= 0.6 is 0 Å². The van der Waals surface area contributed by atoms with E-state index >= 15 is 0 Å². The summed E-state index contributed by atoms with van der Waals surface area (Å²) in [7, 11) is 3.15. The molecule has 2 aromatic rings. The molecule has 2 amide bonds. The molecule has 0 spiro atoms. The Kier molecular flexibility index (Phi) is 7.87. The first kappa shape index (κ1) is 23.3. The maximum Gasteiger partial charge on any atom is 0.246 e. The summed E-state index contributed by atoms with van der Waals surface area (Å²) in [5.41, 5.74) is 2.11. The number of hydrogen-bond donors (Lipinski definition) is 1. The van der Waals surface area contributed by atoms with Crippen molar-refractivity contribution in [1.29, 1.82) is 0 Å². The number of amides is 2. The number of benzene rings is 2. The van der Waals surface area contributed by atoms with Crippen molar-refractivity contribution in [2.24, 2.45) is 5.92 Å². The van der Waals surface area contributed by atoms with E-state index in [1.165, 1.54) is 12.1 Å². The number of nitrogens with one attached hydrogen (secondary N) is 1. The predicted molar refractivity (Wildman–Crippen MR) is 121 cm³/mol. The maximum atomic E-state index is 13.7. The van der Waals surface area contributed by atoms with E-state index in [4.69, 9.17) is 9.47 Å². The molecule has 32 heavy (non-hydrogen) atoms. The minimum absolute atomic E-state index is 0.0582. The summed E-state index contributed by atoms with van der Waals surface area (Å²) in [5.74, 6) is 0.719. The predicted octanol–water partition coefficient (Wildman–Crippen LogP) is 3.72. The summed E-state index contributed by atoms with van der Waals surface area (Å²) in [6, 6.07) is 10.4. The SMILES string of the molecule is COc1cc(C=CC(=O)N2CCC(C(=O)NCc3ccc(C)c(F)c3)CC2)cc(OC)c1. The molecule has 0 aromatic heterocycles. The first-order chi connectivity index (χ1) is 15.4. The van der Waals surface area contributed by atoms with Crippen molar-refractivity contribution >= 4 is 17.9 Å². The highest BCUT2D eigenvalue weighted by molar-refractivity contribution is 5.92. The molecule has 3 rings (SSSR count). The quantitative estimate of drug-likeness (QED) is 0.667. The van der Waals surface area contributed by atoms with E-state index in [1.54, 1.807) is 44.3 Å². The lowest BCUT2D eigenvalue weighted by Crippen LogP contribution is -2.42. The molecule has 7 heteroatoms. The van der Waals surface area contributed by atoms with E-state index in [2.05, 4.69) is 5.32 Å². The van der Waals surface area contributed by atoms with Crippen molar-refractivity contribution in [3.63, 3.8) is 0 Å². The summed E-state index contributed by atoms with van der Waals surface area (Å²) in [4.78, 5) is 26.8. The smallest absolute Gasteiger partial charge is 0.246 e. The molecule has 0 saturated carbocycles. The van der Waals surface area contributed by atoms with Crippen molar-refractivity contribution in [2.75, 3.05) is 27.3 Å². The molecule has 6 nitrogen and oxygen atoms in total. The zero-order valence-electron chi connectivity index (χ0n) is 18.7. The molecule has 0 atom stereocenters. The average Bonchev–Trinajstić information content (AvgIpc) is 2.82. The van der Waals surface area contributed by atoms with Gasteiger partial charge in [0.2, 0.25) is 11.8 Å². The highest BCUT2D eigenvalue weighted by Crippen LogP contribution is 2.24. The molecule has 0 aliphatic carbocycles. The Morgan fingerprint density at radius 1 is 1.09 bits per heavy atom. The number of aryl methyl sites for hydroxylation is 1. The fourth-order valence-electron chi connectivity index (χ4n) is 3.64. The van der Waals surface area contributed by atoms with Gasteiger partial charge in [0.15, 0.2) is 0 Å². The van der Waals surface area contributed by atoms with Gasteiger partial charge in [-0.2, -0.15) is 0 Å². The summed E-state index contributed by atoms with van der Waals surface area (Å²) in [5, 5.41) is 2.88. The molecular formula is C25H29FN2O4. The Hall–Kier alpha value is -3.35. The molecule has 1 saturated heterocycles. The number of likely N-dealkylation sites (tertiary alicyclic amines) is 1. The van der Waals surface area contributed by atoms with Gasteiger partial charge < -0.3 is 19.7 Å². The summed E-state index contributed by atoms with van der Waals surface area (Å²) < 4.78 is 24.2. The second-order valence-corrected chi connectivity index (χ2v) is 7.88. The minimum atomic E-state index is -0.274. The van der Waals surface area contributed by atoms with Crippen LogP contribution in [0.3, 0.4) is 0 Å². The largest absolute Gasteiger partial charge is 0.497 e. The lowest BCUT2D eigenvalue weighted by atomic mass is 9.95. The highest BCUT2D eigenvalue weighted by Gasteiger charge is 2.26. The van der Waals surface area contributed by atoms with Gasteiger partial charge in [0.1, 0.15) is 17.3 Å². The molecule has 170 valence electrons. The van der Waals surface area contributed by atoms with E-state index in [-0.39, 0.29) is 23.5 Å². The normalized spacial score (nSPS) is 14.4. The number of ether oxygens (including phenoxy) is 2. The zero-order chi connectivity index (χ0) is 23.1. The minimum Gasteiger partial charge on any atom is -0.497 e. The van der Waals surface area contributed by atoms with Crippen molar-refractivity contribution < 1.29 is 23.5 Å². The first-order valence-electron chi connectivity index (χ1n) is 10.6. The van der Waals surface area contributed by atoms with E-state index in [9.17, 15) is 14.0 Å². The Labute approximate surface area is 188 Å². The number of rotatable bonds is 7. The average molecular weight is 441 g/mol.